The van der Waals surface area contributed by atoms with Gasteiger partial charge in [0.15, 0.2) is 0 Å². The minimum atomic E-state index is -0.300. The summed E-state index contributed by atoms with van der Waals surface area (Å²) < 4.78 is 5.26. The lowest BCUT2D eigenvalue weighted by atomic mass is 10.1. The van der Waals surface area contributed by atoms with Crippen LogP contribution in [0.25, 0.3) is 10.9 Å². The minimum Gasteiger partial charge on any atom is -0.497 e. The van der Waals surface area contributed by atoms with Crippen LogP contribution in [0.4, 0.5) is 17.5 Å². The zero-order valence-corrected chi connectivity index (χ0v) is 17.0. The lowest BCUT2D eigenvalue weighted by Crippen LogP contribution is -2.18. The number of fused-ring (bicyclic) bond motifs is 1. The molecule has 0 spiro atoms. The molecule has 1 atom stereocenters. The maximum Gasteiger partial charge on any atom is 0.225 e. The lowest BCUT2D eigenvalue weighted by Gasteiger charge is -2.22. The molecule has 0 aliphatic rings. The summed E-state index contributed by atoms with van der Waals surface area (Å²) in [5.41, 5.74) is 2.78. The lowest BCUT2D eigenvalue weighted by molar-refractivity contribution is 0.276. The van der Waals surface area contributed by atoms with E-state index in [2.05, 4.69) is 10.3 Å². The molecule has 152 valence electrons. The molecule has 4 aromatic rings. The zero-order valence-electron chi connectivity index (χ0n) is 17.0. The van der Waals surface area contributed by atoms with Crippen LogP contribution in [0.2, 0.25) is 0 Å². The van der Waals surface area contributed by atoms with Gasteiger partial charge in [-0.25, -0.2) is 4.98 Å². The molecule has 6 heteroatoms. The van der Waals surface area contributed by atoms with Crippen LogP contribution in [0, 0.1) is 0 Å². The molecule has 30 heavy (non-hydrogen) atoms. The normalized spacial score (nSPS) is 11.8. The Balaban J connectivity index is 1.73. The number of hydrogen-bond acceptors (Lipinski definition) is 6. The van der Waals surface area contributed by atoms with Gasteiger partial charge in [0.05, 0.1) is 25.3 Å². The van der Waals surface area contributed by atoms with E-state index in [1.54, 1.807) is 7.11 Å². The van der Waals surface area contributed by atoms with Crippen molar-refractivity contribution >= 4 is 28.4 Å². The van der Waals surface area contributed by atoms with E-state index in [0.717, 1.165) is 33.7 Å². The van der Waals surface area contributed by atoms with E-state index in [0.29, 0.717) is 5.95 Å². The van der Waals surface area contributed by atoms with Crippen LogP contribution in [0.15, 0.2) is 78.9 Å². The van der Waals surface area contributed by atoms with E-state index in [1.807, 2.05) is 90.8 Å². The van der Waals surface area contributed by atoms with Crippen LogP contribution in [-0.2, 0) is 0 Å². The average Bonchev–Trinajstić information content (AvgIpc) is 2.82. The topological polar surface area (TPSA) is 70.5 Å². The number of hydrogen-bond donors (Lipinski definition) is 2. The van der Waals surface area contributed by atoms with Crippen molar-refractivity contribution in [1.82, 2.24) is 9.97 Å². The summed E-state index contributed by atoms with van der Waals surface area (Å²) in [5.74, 6) is 2.04. The highest BCUT2D eigenvalue weighted by Crippen LogP contribution is 2.31. The highest BCUT2D eigenvalue weighted by molar-refractivity contribution is 5.92. The number of benzene rings is 3. The van der Waals surface area contributed by atoms with Crippen molar-refractivity contribution in [3.05, 3.63) is 84.4 Å². The van der Waals surface area contributed by atoms with Crippen molar-refractivity contribution in [3.8, 4) is 5.75 Å². The van der Waals surface area contributed by atoms with Crippen LogP contribution >= 0.6 is 0 Å². The fourth-order valence-corrected chi connectivity index (χ4v) is 3.38. The van der Waals surface area contributed by atoms with Crippen LogP contribution in [0.3, 0.4) is 0 Å². The maximum absolute atomic E-state index is 9.92. The fraction of sp³-hybridized carbons (Fsp3) is 0.167. The number of ether oxygens (including phenoxy) is 1. The highest BCUT2D eigenvalue weighted by atomic mass is 16.5. The van der Waals surface area contributed by atoms with E-state index < -0.39 is 0 Å². The summed E-state index contributed by atoms with van der Waals surface area (Å²) in [4.78, 5) is 11.5. The Morgan fingerprint density at radius 1 is 0.933 bits per heavy atom. The quantitative estimate of drug-likeness (QED) is 0.474. The summed E-state index contributed by atoms with van der Waals surface area (Å²) in [6.45, 7) is -0.0656. The molecule has 4 rings (SSSR count). The number of aromatic nitrogens is 2. The Bertz CT molecular complexity index is 1120. The smallest absolute Gasteiger partial charge is 0.225 e. The predicted molar refractivity (Wildman–Crippen MR) is 120 cm³/mol. The largest absolute Gasteiger partial charge is 0.497 e. The summed E-state index contributed by atoms with van der Waals surface area (Å²) in [7, 11) is 3.62. The molecular formula is C24H24N4O2. The van der Waals surface area contributed by atoms with Crippen molar-refractivity contribution in [2.24, 2.45) is 0 Å². The number of nitrogens with zero attached hydrogens (tertiary/aromatic N) is 3. The molecule has 0 radical (unpaired) electrons. The van der Waals surface area contributed by atoms with Gasteiger partial charge in [0.2, 0.25) is 5.95 Å². The van der Waals surface area contributed by atoms with E-state index in [1.165, 1.54) is 0 Å². The van der Waals surface area contributed by atoms with Gasteiger partial charge in [0.1, 0.15) is 11.6 Å². The van der Waals surface area contributed by atoms with Gasteiger partial charge >= 0.3 is 0 Å². The van der Waals surface area contributed by atoms with E-state index >= 15 is 0 Å². The van der Waals surface area contributed by atoms with Crippen molar-refractivity contribution in [2.45, 2.75) is 6.04 Å². The van der Waals surface area contributed by atoms with Gasteiger partial charge in [-0.2, -0.15) is 4.98 Å². The molecule has 0 aliphatic carbocycles. The van der Waals surface area contributed by atoms with Crippen LogP contribution < -0.4 is 15.0 Å². The van der Waals surface area contributed by atoms with E-state index in [9.17, 15) is 5.11 Å². The second-order valence-corrected chi connectivity index (χ2v) is 6.94. The molecule has 0 saturated heterocycles. The van der Waals surface area contributed by atoms with Crippen LogP contribution in [0.5, 0.6) is 5.75 Å². The molecule has 0 aliphatic heterocycles. The number of para-hydroxylation sites is 1. The molecule has 1 heterocycles. The number of aliphatic hydroxyl groups is 1. The molecule has 0 bridgehead atoms. The number of anilines is 3. The third kappa shape index (κ3) is 4.04. The first kappa shape index (κ1) is 19.7. The van der Waals surface area contributed by atoms with Gasteiger partial charge in [-0.1, -0.05) is 42.5 Å². The molecule has 1 aromatic heterocycles. The summed E-state index contributed by atoms with van der Waals surface area (Å²) >= 11 is 0. The number of nitrogens with one attached hydrogen (secondary N) is 1. The highest BCUT2D eigenvalue weighted by Gasteiger charge is 2.16. The Hall–Kier alpha value is -3.64. The van der Waals surface area contributed by atoms with E-state index in [4.69, 9.17) is 9.72 Å². The molecule has 1 unspecified atom stereocenters. The fourth-order valence-electron chi connectivity index (χ4n) is 3.38. The standard InChI is InChI=1S/C24H24N4O2/c1-28(18-12-14-19(30-2)15-13-18)23-20-10-6-7-11-21(20)25-24(27-23)26-22(16-29)17-8-4-3-5-9-17/h3-15,22,29H,16H2,1-2H3,(H,25,26,27). The first-order valence-corrected chi connectivity index (χ1v) is 9.76. The SMILES string of the molecule is COc1ccc(N(C)c2nc(NC(CO)c3ccccc3)nc3ccccc23)cc1. The van der Waals surface area contributed by atoms with Crippen molar-refractivity contribution in [1.29, 1.82) is 0 Å². The molecule has 0 saturated carbocycles. The van der Waals surface area contributed by atoms with Crippen molar-refractivity contribution in [3.63, 3.8) is 0 Å². The Morgan fingerprint density at radius 3 is 2.33 bits per heavy atom. The van der Waals surface area contributed by atoms with Gasteiger partial charge in [0.25, 0.3) is 0 Å². The predicted octanol–water partition coefficient (Wildman–Crippen LogP) is 4.55. The van der Waals surface area contributed by atoms with Gasteiger partial charge in [-0.3, -0.25) is 0 Å². The third-order valence-electron chi connectivity index (χ3n) is 5.05. The van der Waals surface area contributed by atoms with E-state index in [-0.39, 0.29) is 12.6 Å². The van der Waals surface area contributed by atoms with Crippen molar-refractivity contribution in [2.75, 3.05) is 31.0 Å². The number of aliphatic hydroxyl groups excluding tert-OH is 1. The molecule has 2 N–H and O–H groups in total. The summed E-state index contributed by atoms with van der Waals surface area (Å²) in [5, 5.41) is 14.1. The minimum absolute atomic E-state index is 0.0656. The Kier molecular flexibility index (Phi) is 5.77. The molecule has 3 aromatic carbocycles. The summed E-state index contributed by atoms with van der Waals surface area (Å²) in [6, 6.07) is 25.2. The van der Waals surface area contributed by atoms with Crippen LogP contribution in [-0.4, -0.2) is 35.8 Å². The molecular weight excluding hydrogens is 376 g/mol. The Labute approximate surface area is 175 Å². The molecule has 0 fully saturated rings. The van der Waals surface area contributed by atoms with Crippen LogP contribution in [0.1, 0.15) is 11.6 Å². The first-order chi connectivity index (χ1) is 14.7. The molecule has 6 nitrogen and oxygen atoms in total. The van der Waals surface area contributed by atoms with Crippen molar-refractivity contribution < 1.29 is 9.84 Å². The van der Waals surface area contributed by atoms with Gasteiger partial charge in [-0.05, 0) is 42.0 Å². The average molecular weight is 400 g/mol. The molecule has 0 amide bonds. The van der Waals surface area contributed by atoms with Gasteiger partial charge in [0, 0.05) is 18.1 Å². The zero-order chi connectivity index (χ0) is 20.9. The second-order valence-electron chi connectivity index (χ2n) is 6.94. The summed E-state index contributed by atoms with van der Waals surface area (Å²) in [6.07, 6.45) is 0. The monoisotopic (exact) mass is 400 g/mol. The first-order valence-electron chi connectivity index (χ1n) is 9.76. The second kappa shape index (κ2) is 8.80. The third-order valence-corrected chi connectivity index (χ3v) is 5.05. The number of methoxy groups -OCH3 is 1. The van der Waals surface area contributed by atoms with Gasteiger partial charge in [-0.15, -0.1) is 0 Å². The maximum atomic E-state index is 9.92. The Morgan fingerprint density at radius 2 is 1.63 bits per heavy atom. The van der Waals surface area contributed by atoms with Gasteiger partial charge < -0.3 is 20.1 Å². The number of rotatable bonds is 7.